The largest absolute Gasteiger partial charge is 0.497 e. The summed E-state index contributed by atoms with van der Waals surface area (Å²) in [6.45, 7) is 0.435. The topological polar surface area (TPSA) is 37.4 Å². The third kappa shape index (κ3) is 4.36. The van der Waals surface area contributed by atoms with Crippen molar-refractivity contribution in [3.63, 3.8) is 0 Å². The molecule has 3 rings (SSSR count). The lowest BCUT2D eigenvalue weighted by Crippen LogP contribution is -2.27. The number of likely N-dealkylation sites (N-methyl/N-ethyl adjacent to an activating group) is 1. The van der Waals surface area contributed by atoms with Crippen molar-refractivity contribution in [2.75, 3.05) is 33.1 Å². The number of nitrogens with one attached hydrogen (secondary N) is 1. The summed E-state index contributed by atoms with van der Waals surface area (Å²) in [7, 11) is 5.47. The number of fused-ring (bicyclic) bond motifs is 1. The fraction of sp³-hybridized carbons (Fsp3) is 0.286. The summed E-state index contributed by atoms with van der Waals surface area (Å²) in [5.41, 5.74) is 0.858. The van der Waals surface area contributed by atoms with Crippen LogP contribution in [0.4, 0.5) is 18.9 Å². The van der Waals surface area contributed by atoms with Crippen molar-refractivity contribution in [3.8, 4) is 5.75 Å². The highest BCUT2D eigenvalue weighted by Gasteiger charge is 2.33. The highest BCUT2D eigenvalue weighted by Crippen LogP contribution is 2.33. The number of alkyl halides is 3. The molecule has 0 radical (unpaired) electrons. The molecule has 1 atom stereocenters. The molecule has 1 N–H and O–H groups in total. The fourth-order valence-corrected chi connectivity index (χ4v) is 3.10. The number of halogens is 3. The molecule has 0 aliphatic heterocycles. The van der Waals surface area contributed by atoms with Crippen LogP contribution in [0.2, 0.25) is 0 Å². The van der Waals surface area contributed by atoms with Crippen molar-refractivity contribution in [1.82, 2.24) is 9.88 Å². The summed E-state index contributed by atoms with van der Waals surface area (Å²) in [5, 5.41) is 3.85. The second-order valence-corrected chi connectivity index (χ2v) is 6.70. The molecule has 0 saturated carbocycles. The van der Waals surface area contributed by atoms with Crippen molar-refractivity contribution in [3.05, 3.63) is 65.9 Å². The average Bonchev–Trinajstić information content (AvgIpc) is 2.67. The van der Waals surface area contributed by atoms with Gasteiger partial charge in [-0.25, -0.2) is 4.98 Å². The molecule has 148 valence electrons. The first-order valence-corrected chi connectivity index (χ1v) is 8.81. The number of aromatic nitrogens is 1. The Bertz CT molecular complexity index is 940. The molecule has 0 amide bonds. The number of hydrogen-bond acceptors (Lipinski definition) is 4. The molecule has 0 unspecified atom stereocenters. The van der Waals surface area contributed by atoms with Crippen molar-refractivity contribution in [1.29, 1.82) is 0 Å². The Balaban J connectivity index is 1.91. The summed E-state index contributed by atoms with van der Waals surface area (Å²) < 4.78 is 44.9. The second kappa shape index (κ2) is 8.06. The van der Waals surface area contributed by atoms with Gasteiger partial charge in [-0.1, -0.05) is 30.3 Å². The Morgan fingerprint density at radius 1 is 1.07 bits per heavy atom. The van der Waals surface area contributed by atoms with Gasteiger partial charge in [0.25, 0.3) is 0 Å². The molecule has 0 spiro atoms. The number of pyridine rings is 1. The molecule has 1 aromatic heterocycles. The van der Waals surface area contributed by atoms with Crippen molar-refractivity contribution >= 4 is 16.6 Å². The normalized spacial score (nSPS) is 13.0. The summed E-state index contributed by atoms with van der Waals surface area (Å²) in [6, 6.07) is 15.5. The fourth-order valence-electron chi connectivity index (χ4n) is 3.10. The van der Waals surface area contributed by atoms with Crippen LogP contribution in [-0.4, -0.2) is 37.6 Å². The molecule has 3 aromatic rings. The lowest BCUT2D eigenvalue weighted by molar-refractivity contribution is -0.140. The summed E-state index contributed by atoms with van der Waals surface area (Å²) in [6.07, 6.45) is -4.50. The number of ether oxygens (including phenoxy) is 1. The van der Waals surface area contributed by atoms with E-state index in [4.69, 9.17) is 4.74 Å². The van der Waals surface area contributed by atoms with Crippen LogP contribution in [-0.2, 0) is 6.18 Å². The van der Waals surface area contributed by atoms with Gasteiger partial charge in [-0.15, -0.1) is 0 Å². The quantitative estimate of drug-likeness (QED) is 0.645. The lowest BCUT2D eigenvalue weighted by Gasteiger charge is -2.26. The van der Waals surface area contributed by atoms with E-state index in [2.05, 4.69) is 10.3 Å². The van der Waals surface area contributed by atoms with Gasteiger partial charge in [-0.3, -0.25) is 0 Å². The second-order valence-electron chi connectivity index (χ2n) is 6.70. The molecule has 7 heteroatoms. The van der Waals surface area contributed by atoms with Crippen LogP contribution in [0.3, 0.4) is 0 Å². The molecule has 1 heterocycles. The number of rotatable bonds is 6. The number of methoxy groups -OCH3 is 1. The smallest absolute Gasteiger partial charge is 0.433 e. The maximum Gasteiger partial charge on any atom is 0.433 e. The minimum Gasteiger partial charge on any atom is -0.497 e. The van der Waals surface area contributed by atoms with Crippen LogP contribution in [0.15, 0.2) is 54.6 Å². The van der Waals surface area contributed by atoms with Gasteiger partial charge in [0.1, 0.15) is 11.4 Å². The first-order valence-electron chi connectivity index (χ1n) is 8.81. The van der Waals surface area contributed by atoms with E-state index in [1.54, 1.807) is 31.4 Å². The highest BCUT2D eigenvalue weighted by atomic mass is 19.4. The van der Waals surface area contributed by atoms with Crippen LogP contribution in [0, 0.1) is 0 Å². The summed E-state index contributed by atoms with van der Waals surface area (Å²) in [5.74, 6) is 0.754. The van der Waals surface area contributed by atoms with E-state index in [1.165, 1.54) is 0 Å². The number of para-hydroxylation sites is 1. The first-order chi connectivity index (χ1) is 13.3. The summed E-state index contributed by atoms with van der Waals surface area (Å²) in [4.78, 5) is 5.77. The SMILES string of the molecule is COc1ccc([C@H](CNc2cc(C(F)(F)F)nc3ccccc23)N(C)C)cc1. The van der Waals surface area contributed by atoms with Gasteiger partial charge in [0.2, 0.25) is 0 Å². The zero-order valence-electron chi connectivity index (χ0n) is 15.9. The Morgan fingerprint density at radius 3 is 2.36 bits per heavy atom. The van der Waals surface area contributed by atoms with Crippen LogP contribution in [0.25, 0.3) is 10.9 Å². The Morgan fingerprint density at radius 2 is 1.75 bits per heavy atom. The van der Waals surface area contributed by atoms with Crippen LogP contribution in [0.5, 0.6) is 5.75 Å². The number of hydrogen-bond donors (Lipinski definition) is 1. The van der Waals surface area contributed by atoms with Gasteiger partial charge in [-0.05, 0) is 43.9 Å². The Kier molecular flexibility index (Phi) is 5.74. The molecule has 0 saturated heterocycles. The van der Waals surface area contributed by atoms with Crippen LogP contribution < -0.4 is 10.1 Å². The maximum atomic E-state index is 13.2. The Hall–Kier alpha value is -2.80. The minimum absolute atomic E-state index is 0.0350. The third-order valence-corrected chi connectivity index (χ3v) is 4.62. The van der Waals surface area contributed by atoms with E-state index in [0.29, 0.717) is 23.1 Å². The summed E-state index contributed by atoms with van der Waals surface area (Å²) >= 11 is 0. The van der Waals surface area contributed by atoms with E-state index in [1.807, 2.05) is 43.3 Å². The van der Waals surface area contributed by atoms with Crippen LogP contribution in [0.1, 0.15) is 17.3 Å². The van der Waals surface area contributed by atoms with Gasteiger partial charge < -0.3 is 15.0 Å². The van der Waals surface area contributed by atoms with Gasteiger partial charge in [0, 0.05) is 17.6 Å². The maximum absolute atomic E-state index is 13.2. The van der Waals surface area contributed by atoms with E-state index in [0.717, 1.165) is 17.4 Å². The molecular weight excluding hydrogens is 367 g/mol. The molecular formula is C21H22F3N3O. The molecule has 0 aliphatic rings. The van der Waals surface area contributed by atoms with E-state index >= 15 is 0 Å². The van der Waals surface area contributed by atoms with E-state index in [-0.39, 0.29) is 6.04 Å². The van der Waals surface area contributed by atoms with Crippen molar-refractivity contribution in [2.24, 2.45) is 0 Å². The van der Waals surface area contributed by atoms with E-state index in [9.17, 15) is 13.2 Å². The third-order valence-electron chi connectivity index (χ3n) is 4.62. The lowest BCUT2D eigenvalue weighted by atomic mass is 10.1. The zero-order valence-corrected chi connectivity index (χ0v) is 15.9. The highest BCUT2D eigenvalue weighted by molar-refractivity contribution is 5.91. The number of anilines is 1. The number of nitrogens with zero attached hydrogens (tertiary/aromatic N) is 2. The number of benzene rings is 2. The molecule has 0 bridgehead atoms. The van der Waals surface area contributed by atoms with Gasteiger partial charge in [0.15, 0.2) is 0 Å². The molecule has 4 nitrogen and oxygen atoms in total. The monoisotopic (exact) mass is 389 g/mol. The Labute approximate surface area is 161 Å². The molecule has 0 aliphatic carbocycles. The van der Waals surface area contributed by atoms with Gasteiger partial charge >= 0.3 is 6.18 Å². The average molecular weight is 389 g/mol. The standard InChI is InChI=1S/C21H22F3N3O/c1-27(2)19(14-8-10-15(28-3)11-9-14)13-25-18-12-20(21(22,23)24)26-17-7-5-4-6-16(17)18/h4-12,19H,13H2,1-3H3,(H,25,26)/t19-/m0/s1. The first kappa shape index (κ1) is 19.9. The van der Waals surface area contributed by atoms with Gasteiger partial charge in [-0.2, -0.15) is 13.2 Å². The molecule has 28 heavy (non-hydrogen) atoms. The zero-order chi connectivity index (χ0) is 20.3. The molecule has 2 aromatic carbocycles. The van der Waals surface area contributed by atoms with E-state index < -0.39 is 11.9 Å². The van der Waals surface area contributed by atoms with Gasteiger partial charge in [0.05, 0.1) is 18.7 Å². The van der Waals surface area contributed by atoms with Crippen LogP contribution >= 0.6 is 0 Å². The minimum atomic E-state index is -4.50. The predicted octanol–water partition coefficient (Wildman–Crippen LogP) is 4.98. The van der Waals surface area contributed by atoms with Crippen molar-refractivity contribution in [2.45, 2.75) is 12.2 Å². The molecule has 0 fully saturated rings. The predicted molar refractivity (Wildman–Crippen MR) is 105 cm³/mol. The van der Waals surface area contributed by atoms with Crippen molar-refractivity contribution < 1.29 is 17.9 Å².